The molecule has 0 spiro atoms. The number of carboxylic acids is 1. The number of nitrogens with one attached hydrogen (secondary N) is 1. The van der Waals surface area contributed by atoms with Gasteiger partial charge in [-0.25, -0.2) is 4.79 Å². The molecule has 2 atom stereocenters. The molecule has 0 bridgehead atoms. The number of carbonyl (C=O) groups is 1. The predicted octanol–water partition coefficient (Wildman–Crippen LogP) is 2.14. The maximum Gasteiger partial charge on any atom is 0.344 e. The Morgan fingerprint density at radius 2 is 2.39 bits per heavy atom. The number of ether oxygens (including phenoxy) is 1. The Morgan fingerprint density at radius 3 is 3.06 bits per heavy atom. The Bertz CT molecular complexity index is 445. The first-order valence-corrected chi connectivity index (χ1v) is 6.38. The van der Waals surface area contributed by atoms with Crippen molar-refractivity contribution in [3.05, 3.63) is 29.3 Å². The number of aliphatic carboxylic acids is 1. The second kappa shape index (κ2) is 5.40. The zero-order valence-corrected chi connectivity index (χ0v) is 10.8. The van der Waals surface area contributed by atoms with Crippen LogP contribution in [-0.4, -0.2) is 23.7 Å². The van der Waals surface area contributed by atoms with Crippen LogP contribution < -0.4 is 10.1 Å². The van der Waals surface area contributed by atoms with Crippen LogP contribution in [0.4, 0.5) is 0 Å². The van der Waals surface area contributed by atoms with Gasteiger partial charge in [0.15, 0.2) is 6.10 Å². The van der Waals surface area contributed by atoms with Crippen LogP contribution in [0.2, 0.25) is 0 Å². The summed E-state index contributed by atoms with van der Waals surface area (Å²) in [6.45, 7) is 4.57. The summed E-state index contributed by atoms with van der Waals surface area (Å²) in [6.07, 6.45) is 1.18. The summed E-state index contributed by atoms with van der Waals surface area (Å²) in [6, 6.07) is 6.24. The number of hydrogen-bond donors (Lipinski definition) is 2. The maximum atomic E-state index is 10.8. The normalized spacial score (nSPS) is 19.3. The summed E-state index contributed by atoms with van der Waals surface area (Å²) in [4.78, 5) is 10.8. The van der Waals surface area contributed by atoms with Gasteiger partial charge in [0.1, 0.15) is 5.75 Å². The number of benzene rings is 1. The molecule has 0 amide bonds. The first kappa shape index (κ1) is 12.9. The molecule has 0 aliphatic heterocycles. The molecule has 2 N–H and O–H groups in total. The van der Waals surface area contributed by atoms with Gasteiger partial charge in [-0.2, -0.15) is 0 Å². The molecular formula is C14H19NO3. The van der Waals surface area contributed by atoms with Gasteiger partial charge in [-0.05, 0) is 43.5 Å². The minimum absolute atomic E-state index is 0.369. The lowest BCUT2D eigenvalue weighted by Gasteiger charge is -2.15. The molecule has 1 aliphatic carbocycles. The van der Waals surface area contributed by atoms with Gasteiger partial charge in [-0.1, -0.05) is 19.1 Å². The molecule has 0 fully saturated rings. The van der Waals surface area contributed by atoms with Crippen molar-refractivity contribution in [2.24, 2.45) is 0 Å². The van der Waals surface area contributed by atoms with Crippen molar-refractivity contribution in [3.63, 3.8) is 0 Å². The molecule has 0 radical (unpaired) electrons. The van der Waals surface area contributed by atoms with E-state index in [1.54, 1.807) is 6.92 Å². The second-order valence-electron chi connectivity index (χ2n) is 4.57. The molecule has 4 nitrogen and oxygen atoms in total. The van der Waals surface area contributed by atoms with E-state index in [1.165, 1.54) is 5.56 Å². The summed E-state index contributed by atoms with van der Waals surface area (Å²) in [7, 11) is 0. The highest BCUT2D eigenvalue weighted by Gasteiger charge is 2.25. The highest BCUT2D eigenvalue weighted by molar-refractivity contribution is 5.72. The highest BCUT2D eigenvalue weighted by Crippen LogP contribution is 2.37. The van der Waals surface area contributed by atoms with Crippen LogP contribution in [0, 0.1) is 0 Å². The molecule has 18 heavy (non-hydrogen) atoms. The highest BCUT2D eigenvalue weighted by atomic mass is 16.5. The summed E-state index contributed by atoms with van der Waals surface area (Å²) >= 11 is 0. The zero-order valence-electron chi connectivity index (χ0n) is 10.8. The van der Waals surface area contributed by atoms with Gasteiger partial charge in [-0.3, -0.25) is 0 Å². The number of hydrogen-bond acceptors (Lipinski definition) is 3. The fourth-order valence-corrected chi connectivity index (χ4v) is 2.43. The van der Waals surface area contributed by atoms with Crippen LogP contribution in [-0.2, 0) is 11.2 Å². The second-order valence-corrected chi connectivity index (χ2v) is 4.57. The molecule has 0 saturated carbocycles. The number of rotatable bonds is 5. The van der Waals surface area contributed by atoms with E-state index >= 15 is 0 Å². The van der Waals surface area contributed by atoms with Crippen molar-refractivity contribution in [2.75, 3.05) is 6.54 Å². The third-order valence-electron chi connectivity index (χ3n) is 3.33. The lowest BCUT2D eigenvalue weighted by Crippen LogP contribution is -2.23. The van der Waals surface area contributed by atoms with E-state index in [2.05, 4.69) is 18.3 Å². The van der Waals surface area contributed by atoms with Crippen molar-refractivity contribution in [1.29, 1.82) is 0 Å². The van der Waals surface area contributed by atoms with Crippen LogP contribution in [0.25, 0.3) is 0 Å². The molecule has 2 rings (SSSR count). The lowest BCUT2D eigenvalue weighted by atomic mass is 10.1. The Morgan fingerprint density at radius 1 is 1.61 bits per heavy atom. The standard InChI is InChI=1S/C14H19NO3/c1-3-15-12-8-7-11-10(12)5-4-6-13(11)18-9(2)14(16)17/h4-6,9,12,15H,3,7-8H2,1-2H3,(H,16,17). The van der Waals surface area contributed by atoms with Crippen molar-refractivity contribution >= 4 is 5.97 Å². The maximum absolute atomic E-state index is 10.8. The number of fused-ring (bicyclic) bond motifs is 1. The summed E-state index contributed by atoms with van der Waals surface area (Å²) in [5.74, 6) is -0.225. The first-order valence-electron chi connectivity index (χ1n) is 6.38. The largest absolute Gasteiger partial charge is 0.479 e. The van der Waals surface area contributed by atoms with E-state index in [1.807, 2.05) is 12.1 Å². The fourth-order valence-electron chi connectivity index (χ4n) is 2.43. The minimum Gasteiger partial charge on any atom is -0.479 e. The van der Waals surface area contributed by atoms with E-state index < -0.39 is 12.1 Å². The van der Waals surface area contributed by atoms with Gasteiger partial charge in [0.05, 0.1) is 0 Å². The van der Waals surface area contributed by atoms with Crippen molar-refractivity contribution in [2.45, 2.75) is 38.8 Å². The average molecular weight is 249 g/mol. The molecule has 1 aromatic carbocycles. The minimum atomic E-state index is -0.936. The lowest BCUT2D eigenvalue weighted by molar-refractivity contribution is -0.144. The summed E-state index contributed by atoms with van der Waals surface area (Å²) < 4.78 is 5.52. The summed E-state index contributed by atoms with van der Waals surface area (Å²) in [5.41, 5.74) is 2.39. The predicted molar refractivity (Wildman–Crippen MR) is 68.9 cm³/mol. The van der Waals surface area contributed by atoms with E-state index in [0.717, 1.165) is 24.9 Å². The van der Waals surface area contributed by atoms with Crippen molar-refractivity contribution in [1.82, 2.24) is 5.32 Å². The Kier molecular flexibility index (Phi) is 3.87. The monoisotopic (exact) mass is 249 g/mol. The van der Waals surface area contributed by atoms with Gasteiger partial charge >= 0.3 is 5.97 Å². The number of carboxylic acid groups (broad SMARTS) is 1. The quantitative estimate of drug-likeness (QED) is 0.839. The van der Waals surface area contributed by atoms with Crippen LogP contribution in [0.3, 0.4) is 0 Å². The molecule has 1 aromatic rings. The average Bonchev–Trinajstić information content (AvgIpc) is 2.74. The first-order chi connectivity index (χ1) is 8.63. The van der Waals surface area contributed by atoms with E-state index in [9.17, 15) is 4.79 Å². The molecule has 0 heterocycles. The Hall–Kier alpha value is -1.55. The van der Waals surface area contributed by atoms with Crippen LogP contribution in [0.1, 0.15) is 37.4 Å². The van der Waals surface area contributed by atoms with Crippen molar-refractivity contribution in [3.8, 4) is 5.75 Å². The van der Waals surface area contributed by atoms with Gasteiger partial charge in [0.25, 0.3) is 0 Å². The molecule has 4 heteroatoms. The topological polar surface area (TPSA) is 58.6 Å². The SMILES string of the molecule is CCNC1CCc2c(OC(C)C(=O)O)cccc21. The van der Waals surface area contributed by atoms with Gasteiger partial charge < -0.3 is 15.2 Å². The van der Waals surface area contributed by atoms with E-state index in [-0.39, 0.29) is 0 Å². The van der Waals surface area contributed by atoms with Gasteiger partial charge in [0, 0.05) is 6.04 Å². The Balaban J connectivity index is 2.22. The smallest absolute Gasteiger partial charge is 0.344 e. The van der Waals surface area contributed by atoms with Gasteiger partial charge in [-0.15, -0.1) is 0 Å². The zero-order chi connectivity index (χ0) is 13.1. The van der Waals surface area contributed by atoms with Gasteiger partial charge in [0.2, 0.25) is 0 Å². The fraction of sp³-hybridized carbons (Fsp3) is 0.500. The third-order valence-corrected chi connectivity index (χ3v) is 3.33. The molecule has 98 valence electrons. The molecule has 2 unspecified atom stereocenters. The third kappa shape index (κ3) is 2.48. The molecule has 1 aliphatic rings. The molecule has 0 saturated heterocycles. The van der Waals surface area contributed by atoms with Crippen LogP contribution in [0.5, 0.6) is 5.75 Å². The van der Waals surface area contributed by atoms with E-state index in [4.69, 9.17) is 9.84 Å². The van der Waals surface area contributed by atoms with E-state index in [0.29, 0.717) is 11.8 Å². The molecular weight excluding hydrogens is 230 g/mol. The van der Waals surface area contributed by atoms with Crippen LogP contribution in [0.15, 0.2) is 18.2 Å². The summed E-state index contributed by atoms with van der Waals surface area (Å²) in [5, 5.41) is 12.3. The van der Waals surface area contributed by atoms with Crippen LogP contribution >= 0.6 is 0 Å². The Labute approximate surface area is 107 Å². The molecule has 0 aromatic heterocycles. The van der Waals surface area contributed by atoms with Crippen molar-refractivity contribution < 1.29 is 14.6 Å².